The van der Waals surface area contributed by atoms with Crippen molar-refractivity contribution in [2.45, 2.75) is 26.4 Å². The summed E-state index contributed by atoms with van der Waals surface area (Å²) in [5, 5.41) is 3.37. The van der Waals surface area contributed by atoms with E-state index in [1.165, 1.54) is 5.56 Å². The molecule has 1 aliphatic rings. The molecule has 4 nitrogen and oxygen atoms in total. The van der Waals surface area contributed by atoms with Crippen molar-refractivity contribution in [2.24, 2.45) is 0 Å². The Morgan fingerprint density at radius 3 is 2.67 bits per heavy atom. The first-order valence-electron chi connectivity index (χ1n) is 6.43. The first-order chi connectivity index (χ1) is 8.65. The van der Waals surface area contributed by atoms with Crippen LogP contribution in [0.4, 0.5) is 5.82 Å². The lowest BCUT2D eigenvalue weighted by Gasteiger charge is -2.27. The predicted octanol–water partition coefficient (Wildman–Crippen LogP) is 1.15. The molecule has 18 heavy (non-hydrogen) atoms. The lowest BCUT2D eigenvalue weighted by atomic mass is 10.2. The Labute approximate surface area is 111 Å². The third-order valence-corrected chi connectivity index (χ3v) is 4.30. The third kappa shape index (κ3) is 3.78. The fourth-order valence-electron chi connectivity index (χ4n) is 1.90. The van der Waals surface area contributed by atoms with Crippen LogP contribution >= 0.6 is 0 Å². The monoisotopic (exact) mass is 267 g/mol. The van der Waals surface area contributed by atoms with Gasteiger partial charge in [-0.25, -0.2) is 4.98 Å². The molecule has 1 aromatic heterocycles. The van der Waals surface area contributed by atoms with Crippen LogP contribution in [0.15, 0.2) is 18.3 Å². The van der Waals surface area contributed by atoms with Crippen LogP contribution in [0.2, 0.25) is 0 Å². The molecule has 1 aromatic rings. The van der Waals surface area contributed by atoms with Gasteiger partial charge in [0.15, 0.2) is 0 Å². The van der Waals surface area contributed by atoms with Gasteiger partial charge in [-0.1, -0.05) is 19.9 Å². The Morgan fingerprint density at radius 1 is 1.39 bits per heavy atom. The van der Waals surface area contributed by atoms with Gasteiger partial charge in [-0.3, -0.25) is 4.21 Å². The summed E-state index contributed by atoms with van der Waals surface area (Å²) >= 11 is 0. The van der Waals surface area contributed by atoms with Gasteiger partial charge in [0, 0.05) is 54.2 Å². The van der Waals surface area contributed by atoms with E-state index in [2.05, 4.69) is 41.2 Å². The van der Waals surface area contributed by atoms with Crippen LogP contribution in [0.3, 0.4) is 0 Å². The van der Waals surface area contributed by atoms with Gasteiger partial charge in [-0.2, -0.15) is 0 Å². The third-order valence-electron chi connectivity index (χ3n) is 3.03. The second-order valence-corrected chi connectivity index (χ2v) is 6.59. The molecule has 1 fully saturated rings. The van der Waals surface area contributed by atoms with E-state index in [1.54, 1.807) is 0 Å². The number of pyridine rings is 1. The van der Waals surface area contributed by atoms with Gasteiger partial charge in [0.05, 0.1) is 0 Å². The minimum absolute atomic E-state index is 0.488. The van der Waals surface area contributed by atoms with Crippen LogP contribution in [0.5, 0.6) is 0 Å². The van der Waals surface area contributed by atoms with E-state index in [0.717, 1.165) is 37.0 Å². The second-order valence-electron chi connectivity index (χ2n) is 4.90. The van der Waals surface area contributed by atoms with Crippen molar-refractivity contribution in [3.05, 3.63) is 23.9 Å². The molecule has 5 heteroatoms. The summed E-state index contributed by atoms with van der Waals surface area (Å²) in [6, 6.07) is 4.66. The number of nitrogens with one attached hydrogen (secondary N) is 1. The van der Waals surface area contributed by atoms with E-state index in [0.29, 0.717) is 6.04 Å². The SMILES string of the molecule is CC(C)NCc1ccc(N2CCS(=O)CC2)nc1. The number of nitrogens with zero attached hydrogens (tertiary/aromatic N) is 2. The molecule has 2 heterocycles. The molecule has 1 saturated heterocycles. The molecule has 0 aliphatic carbocycles. The largest absolute Gasteiger partial charge is 0.355 e. The second kappa shape index (κ2) is 6.29. The summed E-state index contributed by atoms with van der Waals surface area (Å²) < 4.78 is 11.3. The van der Waals surface area contributed by atoms with E-state index in [1.807, 2.05) is 6.20 Å². The molecule has 2 rings (SSSR count). The van der Waals surface area contributed by atoms with Crippen molar-refractivity contribution in [2.75, 3.05) is 29.5 Å². The van der Waals surface area contributed by atoms with Gasteiger partial charge >= 0.3 is 0 Å². The van der Waals surface area contributed by atoms with Crippen LogP contribution in [-0.4, -0.2) is 39.8 Å². The summed E-state index contributed by atoms with van der Waals surface area (Å²) in [5.41, 5.74) is 1.20. The molecule has 0 saturated carbocycles. The molecule has 0 amide bonds. The summed E-state index contributed by atoms with van der Waals surface area (Å²) in [6.45, 7) is 6.83. The highest BCUT2D eigenvalue weighted by Gasteiger charge is 2.16. The minimum Gasteiger partial charge on any atom is -0.355 e. The van der Waals surface area contributed by atoms with Crippen molar-refractivity contribution < 1.29 is 4.21 Å². The van der Waals surface area contributed by atoms with Gasteiger partial charge in [-0.15, -0.1) is 0 Å². The molecular formula is C13H21N3OS. The summed E-state index contributed by atoms with van der Waals surface area (Å²) in [4.78, 5) is 6.70. The van der Waals surface area contributed by atoms with Crippen LogP contribution < -0.4 is 10.2 Å². The number of rotatable bonds is 4. The number of hydrogen-bond donors (Lipinski definition) is 1. The van der Waals surface area contributed by atoms with Crippen LogP contribution in [-0.2, 0) is 17.3 Å². The molecule has 0 spiro atoms. The van der Waals surface area contributed by atoms with E-state index < -0.39 is 10.8 Å². The van der Waals surface area contributed by atoms with Crippen molar-refractivity contribution in [3.8, 4) is 0 Å². The lowest BCUT2D eigenvalue weighted by molar-refractivity contribution is 0.588. The normalized spacial score (nSPS) is 17.4. The summed E-state index contributed by atoms with van der Waals surface area (Å²) in [5.74, 6) is 2.52. The maximum Gasteiger partial charge on any atom is 0.128 e. The Kier molecular flexibility index (Phi) is 4.72. The molecule has 0 unspecified atom stereocenters. The standard InChI is InChI=1S/C13H21N3OS/c1-11(2)14-9-12-3-4-13(15-10-12)16-5-7-18(17)8-6-16/h3-4,10-11,14H,5-9H2,1-2H3. The van der Waals surface area contributed by atoms with Crippen LogP contribution in [0, 0.1) is 0 Å². The van der Waals surface area contributed by atoms with Crippen LogP contribution in [0.25, 0.3) is 0 Å². The first-order valence-corrected chi connectivity index (χ1v) is 7.92. The molecule has 1 aliphatic heterocycles. The van der Waals surface area contributed by atoms with Crippen molar-refractivity contribution in [1.82, 2.24) is 10.3 Å². The lowest BCUT2D eigenvalue weighted by Crippen LogP contribution is -2.38. The summed E-state index contributed by atoms with van der Waals surface area (Å²) in [6.07, 6.45) is 1.93. The maximum absolute atomic E-state index is 11.3. The van der Waals surface area contributed by atoms with Gasteiger partial charge in [0.1, 0.15) is 5.82 Å². The highest BCUT2D eigenvalue weighted by molar-refractivity contribution is 7.85. The van der Waals surface area contributed by atoms with Gasteiger partial charge < -0.3 is 10.2 Å². The number of anilines is 1. The molecule has 0 aromatic carbocycles. The van der Waals surface area contributed by atoms with Crippen molar-refractivity contribution in [1.29, 1.82) is 0 Å². The number of aromatic nitrogens is 1. The Hall–Kier alpha value is -0.940. The molecule has 0 radical (unpaired) electrons. The smallest absolute Gasteiger partial charge is 0.128 e. The minimum atomic E-state index is -0.627. The van der Waals surface area contributed by atoms with E-state index in [4.69, 9.17) is 0 Å². The van der Waals surface area contributed by atoms with Gasteiger partial charge in [0.25, 0.3) is 0 Å². The van der Waals surface area contributed by atoms with Gasteiger partial charge in [-0.05, 0) is 11.6 Å². The van der Waals surface area contributed by atoms with Crippen molar-refractivity contribution in [3.63, 3.8) is 0 Å². The topological polar surface area (TPSA) is 45.2 Å². The fraction of sp³-hybridized carbons (Fsp3) is 0.615. The predicted molar refractivity (Wildman–Crippen MR) is 76.3 cm³/mol. The average molecular weight is 267 g/mol. The van der Waals surface area contributed by atoms with Gasteiger partial charge in [0.2, 0.25) is 0 Å². The highest BCUT2D eigenvalue weighted by Crippen LogP contribution is 2.13. The zero-order valence-electron chi connectivity index (χ0n) is 11.1. The Balaban J connectivity index is 1.93. The first kappa shape index (κ1) is 13.5. The fourth-order valence-corrected chi connectivity index (χ4v) is 2.95. The van der Waals surface area contributed by atoms with Crippen LogP contribution in [0.1, 0.15) is 19.4 Å². The quantitative estimate of drug-likeness (QED) is 0.889. The molecular weight excluding hydrogens is 246 g/mol. The summed E-state index contributed by atoms with van der Waals surface area (Å²) in [7, 11) is -0.627. The zero-order valence-corrected chi connectivity index (χ0v) is 11.9. The molecule has 1 N–H and O–H groups in total. The number of hydrogen-bond acceptors (Lipinski definition) is 4. The van der Waals surface area contributed by atoms with E-state index >= 15 is 0 Å². The molecule has 0 atom stereocenters. The Morgan fingerprint density at radius 2 is 2.11 bits per heavy atom. The Bertz CT molecular complexity index is 395. The maximum atomic E-state index is 11.3. The van der Waals surface area contributed by atoms with Crippen molar-refractivity contribution >= 4 is 16.6 Å². The van der Waals surface area contributed by atoms with E-state index in [9.17, 15) is 4.21 Å². The average Bonchev–Trinajstić information content (AvgIpc) is 2.38. The highest BCUT2D eigenvalue weighted by atomic mass is 32.2. The molecule has 0 bridgehead atoms. The van der Waals surface area contributed by atoms with E-state index in [-0.39, 0.29) is 0 Å². The molecule has 100 valence electrons. The zero-order chi connectivity index (χ0) is 13.0.